The lowest BCUT2D eigenvalue weighted by molar-refractivity contribution is 0.144. The number of unbranched alkanes of at least 4 members (excludes halogenated alkanes) is 2. The molecule has 0 aliphatic rings. The quantitative estimate of drug-likeness (QED) is 0.765. The average Bonchev–Trinajstić information content (AvgIpc) is 2.52. The first-order valence-corrected chi connectivity index (χ1v) is 7.16. The normalized spacial score (nSPS) is 10.3. The first kappa shape index (κ1) is 15.0. The number of carbonyl (C=O) groups is 1. The molecule has 110 valence electrons. The minimum Gasteiger partial charge on any atom is -0.449 e. The Hall–Kier alpha value is -2.36. The van der Waals surface area contributed by atoms with E-state index in [1.165, 1.54) is 17.8 Å². The molecule has 0 bridgehead atoms. The second-order valence-electron chi connectivity index (χ2n) is 4.82. The molecule has 0 saturated heterocycles. The van der Waals surface area contributed by atoms with Crippen molar-refractivity contribution >= 4 is 6.09 Å². The Labute approximate surface area is 124 Å². The Balaban J connectivity index is 1.63. The minimum absolute atomic E-state index is 0.342. The van der Waals surface area contributed by atoms with Crippen molar-refractivity contribution in [1.82, 2.24) is 4.57 Å². The summed E-state index contributed by atoms with van der Waals surface area (Å²) in [7, 11) is 0. The third kappa shape index (κ3) is 4.91. The van der Waals surface area contributed by atoms with E-state index in [9.17, 15) is 9.59 Å². The summed E-state index contributed by atoms with van der Waals surface area (Å²) in [5.41, 5.74) is 0.955. The lowest BCUT2D eigenvalue weighted by atomic mass is 10.1. The highest BCUT2D eigenvalue weighted by molar-refractivity contribution is 5.70. The van der Waals surface area contributed by atoms with Gasteiger partial charge in [0.25, 0.3) is 5.56 Å². The Morgan fingerprint density at radius 2 is 1.71 bits per heavy atom. The van der Waals surface area contributed by atoms with Crippen LogP contribution in [0.25, 0.3) is 0 Å². The highest BCUT2D eigenvalue weighted by Gasteiger charge is 2.06. The van der Waals surface area contributed by atoms with Crippen LogP contribution in [0.5, 0.6) is 0 Å². The first-order valence-electron chi connectivity index (χ1n) is 7.16. The molecule has 0 unspecified atom stereocenters. The molecule has 0 radical (unpaired) electrons. The van der Waals surface area contributed by atoms with E-state index in [1.807, 2.05) is 18.2 Å². The molecule has 0 N–H and O–H groups in total. The Bertz CT molecular complexity index is 619. The standard InChI is InChI=1S/C17H19NO3/c19-16-12-6-7-13-18(16)17(20)21-14-8-2-5-11-15-9-3-1-4-10-15/h1,3-4,6-7,9-10,12-13H,2,5,8,11,14H2. The second kappa shape index (κ2) is 8.04. The van der Waals surface area contributed by atoms with Crippen molar-refractivity contribution in [3.63, 3.8) is 0 Å². The van der Waals surface area contributed by atoms with Crippen molar-refractivity contribution in [2.75, 3.05) is 6.61 Å². The molecule has 0 aliphatic heterocycles. The molecule has 2 rings (SSSR count). The van der Waals surface area contributed by atoms with Crippen molar-refractivity contribution in [2.45, 2.75) is 25.7 Å². The summed E-state index contributed by atoms with van der Waals surface area (Å²) in [4.78, 5) is 23.1. The zero-order valence-corrected chi connectivity index (χ0v) is 11.9. The van der Waals surface area contributed by atoms with Crippen LogP contribution in [0, 0.1) is 0 Å². The van der Waals surface area contributed by atoms with Gasteiger partial charge in [0.15, 0.2) is 0 Å². The minimum atomic E-state index is -0.608. The molecule has 1 heterocycles. The number of hydrogen-bond donors (Lipinski definition) is 0. The van der Waals surface area contributed by atoms with Gasteiger partial charge in [-0.1, -0.05) is 36.4 Å². The van der Waals surface area contributed by atoms with Crippen LogP contribution in [0.2, 0.25) is 0 Å². The van der Waals surface area contributed by atoms with Crippen molar-refractivity contribution in [3.05, 3.63) is 70.6 Å². The summed E-state index contributed by atoms with van der Waals surface area (Å²) >= 11 is 0. The zero-order valence-electron chi connectivity index (χ0n) is 11.9. The number of carbonyl (C=O) groups excluding carboxylic acids is 1. The number of aryl methyl sites for hydroxylation is 1. The van der Waals surface area contributed by atoms with Crippen LogP contribution < -0.4 is 5.56 Å². The highest BCUT2D eigenvalue weighted by Crippen LogP contribution is 2.06. The van der Waals surface area contributed by atoms with Crippen LogP contribution in [-0.4, -0.2) is 17.3 Å². The summed E-state index contributed by atoms with van der Waals surface area (Å²) < 4.78 is 6.06. The smallest absolute Gasteiger partial charge is 0.420 e. The van der Waals surface area contributed by atoms with Gasteiger partial charge < -0.3 is 4.74 Å². The molecule has 1 aromatic heterocycles. The Morgan fingerprint density at radius 1 is 0.952 bits per heavy atom. The van der Waals surface area contributed by atoms with Crippen LogP contribution in [0.1, 0.15) is 24.8 Å². The van der Waals surface area contributed by atoms with E-state index in [0.717, 1.165) is 30.3 Å². The molecule has 0 amide bonds. The van der Waals surface area contributed by atoms with Crippen molar-refractivity contribution in [1.29, 1.82) is 0 Å². The molecule has 4 heteroatoms. The number of rotatable bonds is 6. The lowest BCUT2D eigenvalue weighted by Gasteiger charge is -2.06. The van der Waals surface area contributed by atoms with Gasteiger partial charge in [0.1, 0.15) is 0 Å². The van der Waals surface area contributed by atoms with Crippen LogP contribution in [0.4, 0.5) is 4.79 Å². The van der Waals surface area contributed by atoms with Crippen molar-refractivity contribution in [3.8, 4) is 0 Å². The number of nitrogens with zero attached hydrogens (tertiary/aromatic N) is 1. The third-order valence-electron chi connectivity index (χ3n) is 3.20. The molecule has 0 fully saturated rings. The molecule has 1 aromatic carbocycles. The molecule has 0 spiro atoms. The summed E-state index contributed by atoms with van der Waals surface area (Å²) in [6, 6.07) is 14.9. The topological polar surface area (TPSA) is 48.3 Å². The van der Waals surface area contributed by atoms with E-state index >= 15 is 0 Å². The summed E-state index contributed by atoms with van der Waals surface area (Å²) in [6.45, 7) is 0.342. The maximum absolute atomic E-state index is 11.7. The highest BCUT2D eigenvalue weighted by atomic mass is 16.5. The van der Waals surface area contributed by atoms with Crippen LogP contribution in [0.3, 0.4) is 0 Å². The molecule has 0 aliphatic carbocycles. The van der Waals surface area contributed by atoms with Gasteiger partial charge in [-0.2, -0.15) is 0 Å². The lowest BCUT2D eigenvalue weighted by Crippen LogP contribution is -2.26. The second-order valence-corrected chi connectivity index (χ2v) is 4.82. The van der Waals surface area contributed by atoms with Crippen LogP contribution >= 0.6 is 0 Å². The Kier molecular flexibility index (Phi) is 5.76. The number of benzene rings is 1. The maximum atomic E-state index is 11.7. The molecular weight excluding hydrogens is 266 g/mol. The first-order chi connectivity index (χ1) is 10.3. The average molecular weight is 285 g/mol. The fraction of sp³-hybridized carbons (Fsp3) is 0.294. The maximum Gasteiger partial charge on any atom is 0.420 e. The van der Waals surface area contributed by atoms with Gasteiger partial charge in [-0.3, -0.25) is 4.79 Å². The zero-order chi connectivity index (χ0) is 14.9. The SMILES string of the molecule is O=C(OCCCCCc1ccccc1)n1ccccc1=O. The molecule has 4 nitrogen and oxygen atoms in total. The summed E-state index contributed by atoms with van der Waals surface area (Å²) in [6.07, 6.45) is 4.70. The monoisotopic (exact) mass is 285 g/mol. The van der Waals surface area contributed by atoms with Crippen LogP contribution in [-0.2, 0) is 11.2 Å². The summed E-state index contributed by atoms with van der Waals surface area (Å²) in [5.74, 6) is 0. The van der Waals surface area contributed by atoms with E-state index in [-0.39, 0.29) is 5.56 Å². The van der Waals surface area contributed by atoms with Crippen LogP contribution in [0.15, 0.2) is 59.5 Å². The number of hydrogen-bond acceptors (Lipinski definition) is 3. The molecule has 0 atom stereocenters. The predicted molar refractivity (Wildman–Crippen MR) is 81.4 cm³/mol. The van der Waals surface area contributed by atoms with Gasteiger partial charge in [-0.25, -0.2) is 9.36 Å². The Morgan fingerprint density at radius 3 is 2.48 bits per heavy atom. The van der Waals surface area contributed by atoms with Crippen molar-refractivity contribution < 1.29 is 9.53 Å². The van der Waals surface area contributed by atoms with E-state index in [2.05, 4.69) is 12.1 Å². The van der Waals surface area contributed by atoms with Gasteiger partial charge in [0.2, 0.25) is 0 Å². The van der Waals surface area contributed by atoms with Crippen molar-refractivity contribution in [2.24, 2.45) is 0 Å². The predicted octanol–water partition coefficient (Wildman–Crippen LogP) is 3.25. The number of ether oxygens (including phenoxy) is 1. The van der Waals surface area contributed by atoms with Gasteiger partial charge in [0, 0.05) is 12.3 Å². The molecule has 21 heavy (non-hydrogen) atoms. The van der Waals surface area contributed by atoms with Gasteiger partial charge in [-0.15, -0.1) is 0 Å². The van der Waals surface area contributed by atoms with Gasteiger partial charge >= 0.3 is 6.09 Å². The van der Waals surface area contributed by atoms with E-state index in [4.69, 9.17) is 4.74 Å². The van der Waals surface area contributed by atoms with E-state index in [0.29, 0.717) is 6.61 Å². The summed E-state index contributed by atoms with van der Waals surface area (Å²) in [5, 5.41) is 0. The van der Waals surface area contributed by atoms with Gasteiger partial charge in [0.05, 0.1) is 6.61 Å². The molecule has 2 aromatic rings. The third-order valence-corrected chi connectivity index (χ3v) is 3.20. The number of pyridine rings is 1. The fourth-order valence-corrected chi connectivity index (χ4v) is 2.06. The molecule has 0 saturated carbocycles. The van der Waals surface area contributed by atoms with E-state index in [1.54, 1.807) is 12.1 Å². The molecular formula is C17H19NO3. The fourth-order valence-electron chi connectivity index (χ4n) is 2.06. The largest absolute Gasteiger partial charge is 0.449 e. The van der Waals surface area contributed by atoms with E-state index < -0.39 is 6.09 Å². The van der Waals surface area contributed by atoms with Gasteiger partial charge in [-0.05, 0) is 37.3 Å². The number of aromatic nitrogens is 1.